The van der Waals surface area contributed by atoms with Gasteiger partial charge in [-0.05, 0) is 25.1 Å². The molecule has 0 unspecified atom stereocenters. The van der Waals surface area contributed by atoms with E-state index in [1.807, 2.05) is 55.5 Å². The molecule has 3 aromatic rings. The Bertz CT molecular complexity index is 1120. The number of benzene rings is 2. The molecule has 0 fully saturated rings. The van der Waals surface area contributed by atoms with Crippen LogP contribution in [0.2, 0.25) is 0 Å². The van der Waals surface area contributed by atoms with Gasteiger partial charge in [-0.3, -0.25) is 19.7 Å². The van der Waals surface area contributed by atoms with Crippen molar-refractivity contribution < 1.29 is 4.79 Å². The Balaban J connectivity index is 1.83. The van der Waals surface area contributed by atoms with Gasteiger partial charge >= 0.3 is 0 Å². The van der Waals surface area contributed by atoms with Crippen molar-refractivity contribution in [2.45, 2.75) is 6.92 Å². The molecule has 1 aliphatic heterocycles. The third-order valence-corrected chi connectivity index (χ3v) is 4.63. The first-order valence-electron chi connectivity index (χ1n) is 9.12. The lowest BCUT2D eigenvalue weighted by Crippen LogP contribution is -2.25. The van der Waals surface area contributed by atoms with E-state index in [4.69, 9.17) is 0 Å². The van der Waals surface area contributed by atoms with E-state index in [9.17, 15) is 9.59 Å². The van der Waals surface area contributed by atoms with Crippen molar-refractivity contribution in [3.05, 3.63) is 93.4 Å². The molecule has 0 amide bonds. The maximum atomic E-state index is 13.1. The Labute approximate surface area is 162 Å². The van der Waals surface area contributed by atoms with E-state index >= 15 is 0 Å². The first kappa shape index (κ1) is 17.7. The van der Waals surface area contributed by atoms with Crippen LogP contribution in [-0.4, -0.2) is 34.5 Å². The largest absolute Gasteiger partial charge is 0.368 e. The van der Waals surface area contributed by atoms with Crippen molar-refractivity contribution in [1.82, 2.24) is 15.1 Å². The van der Waals surface area contributed by atoms with Crippen LogP contribution in [0.3, 0.4) is 0 Å². The standard InChI is InChI=1S/C22H20N4O2/c1-15-18(22(28)26(25-15)17-10-6-3-7-11-17)14-19(21-23-12-13-24-21)20(27)16-8-4-2-5-9-16/h2-11,14,25H,12-13H2,1H3,(H,23,24)/b19-14-. The van der Waals surface area contributed by atoms with Gasteiger partial charge in [0.15, 0.2) is 5.78 Å². The number of aryl methyl sites for hydroxylation is 1. The third-order valence-electron chi connectivity index (χ3n) is 4.63. The van der Waals surface area contributed by atoms with Crippen molar-refractivity contribution in [2.75, 3.05) is 13.1 Å². The topological polar surface area (TPSA) is 79.2 Å². The third kappa shape index (κ3) is 3.32. The van der Waals surface area contributed by atoms with E-state index in [0.717, 1.165) is 5.69 Å². The molecule has 0 bridgehead atoms. The van der Waals surface area contributed by atoms with Gasteiger partial charge in [0.05, 0.1) is 23.4 Å². The minimum atomic E-state index is -0.208. The number of Topliss-reactive ketones (excluding diaryl/α,β-unsaturated/α-hetero) is 1. The van der Waals surface area contributed by atoms with Crippen molar-refractivity contribution in [3.63, 3.8) is 0 Å². The number of hydrogen-bond acceptors (Lipinski definition) is 4. The Kier molecular flexibility index (Phi) is 4.76. The highest BCUT2D eigenvalue weighted by Gasteiger charge is 2.22. The zero-order valence-electron chi connectivity index (χ0n) is 15.5. The molecule has 1 aliphatic rings. The maximum absolute atomic E-state index is 13.1. The van der Waals surface area contributed by atoms with E-state index in [1.165, 1.54) is 4.68 Å². The second-order valence-electron chi connectivity index (χ2n) is 6.54. The molecule has 0 saturated carbocycles. The summed E-state index contributed by atoms with van der Waals surface area (Å²) in [5.41, 5.74) is 2.61. The summed E-state index contributed by atoms with van der Waals surface area (Å²) in [7, 11) is 0. The van der Waals surface area contributed by atoms with Gasteiger partial charge in [0.25, 0.3) is 5.56 Å². The Morgan fingerprint density at radius 2 is 1.75 bits per heavy atom. The average molecular weight is 372 g/mol. The maximum Gasteiger partial charge on any atom is 0.278 e. The van der Waals surface area contributed by atoms with E-state index in [1.54, 1.807) is 18.2 Å². The van der Waals surface area contributed by atoms with E-state index in [0.29, 0.717) is 41.3 Å². The molecule has 0 saturated heterocycles. The lowest BCUT2D eigenvalue weighted by Gasteiger charge is -2.07. The summed E-state index contributed by atoms with van der Waals surface area (Å²) >= 11 is 0. The fourth-order valence-electron chi connectivity index (χ4n) is 3.20. The number of hydrogen-bond donors (Lipinski definition) is 2. The SMILES string of the molecule is Cc1[nH]n(-c2ccccc2)c(=O)c1/C=C(/C(=O)c1ccccc1)C1=NCCN1. The van der Waals surface area contributed by atoms with Crippen LogP contribution >= 0.6 is 0 Å². The molecular weight excluding hydrogens is 352 g/mol. The lowest BCUT2D eigenvalue weighted by molar-refractivity contribution is 0.104. The van der Waals surface area contributed by atoms with E-state index < -0.39 is 0 Å². The number of aliphatic imine (C=N–C) groups is 1. The number of H-pyrrole nitrogens is 1. The van der Waals surface area contributed by atoms with Gasteiger partial charge in [0, 0.05) is 17.8 Å². The lowest BCUT2D eigenvalue weighted by atomic mass is 10.00. The molecule has 6 heteroatoms. The molecule has 6 nitrogen and oxygen atoms in total. The van der Waals surface area contributed by atoms with Gasteiger partial charge in [-0.1, -0.05) is 48.5 Å². The zero-order chi connectivity index (χ0) is 19.5. The van der Waals surface area contributed by atoms with Crippen LogP contribution in [0.15, 0.2) is 76.0 Å². The van der Waals surface area contributed by atoms with Crippen molar-refractivity contribution in [2.24, 2.45) is 4.99 Å². The monoisotopic (exact) mass is 372 g/mol. The smallest absolute Gasteiger partial charge is 0.278 e. The second kappa shape index (κ2) is 7.52. The second-order valence-corrected chi connectivity index (χ2v) is 6.54. The summed E-state index contributed by atoms with van der Waals surface area (Å²) in [4.78, 5) is 30.5. The summed E-state index contributed by atoms with van der Waals surface area (Å²) in [5, 5.41) is 6.24. The minimum absolute atomic E-state index is 0.167. The van der Waals surface area contributed by atoms with Gasteiger partial charge in [-0.25, -0.2) is 4.68 Å². The van der Waals surface area contributed by atoms with Crippen molar-refractivity contribution >= 4 is 17.7 Å². The average Bonchev–Trinajstić information content (AvgIpc) is 3.36. The Morgan fingerprint density at radius 3 is 2.39 bits per heavy atom. The van der Waals surface area contributed by atoms with Crippen LogP contribution in [0, 0.1) is 6.92 Å². The molecule has 0 atom stereocenters. The zero-order valence-corrected chi connectivity index (χ0v) is 15.5. The van der Waals surface area contributed by atoms with Crippen molar-refractivity contribution in [3.8, 4) is 5.69 Å². The van der Waals surface area contributed by atoms with Crippen LogP contribution in [0.5, 0.6) is 0 Å². The highest BCUT2D eigenvalue weighted by Crippen LogP contribution is 2.16. The molecule has 0 radical (unpaired) electrons. The fraction of sp³-hybridized carbons (Fsp3) is 0.136. The molecule has 28 heavy (non-hydrogen) atoms. The molecular formula is C22H20N4O2. The van der Waals surface area contributed by atoms with Crippen LogP contribution in [0.1, 0.15) is 21.6 Å². The summed E-state index contributed by atoms with van der Waals surface area (Å²) in [6, 6.07) is 18.4. The summed E-state index contributed by atoms with van der Waals surface area (Å²) < 4.78 is 1.48. The van der Waals surface area contributed by atoms with Crippen LogP contribution in [0.4, 0.5) is 0 Å². The number of aromatic nitrogens is 2. The Hall–Kier alpha value is -3.67. The normalized spacial score (nSPS) is 13.9. The first-order valence-corrected chi connectivity index (χ1v) is 9.12. The van der Waals surface area contributed by atoms with Gasteiger partial charge in [-0.2, -0.15) is 0 Å². The van der Waals surface area contributed by atoms with Crippen LogP contribution in [0.25, 0.3) is 11.8 Å². The van der Waals surface area contributed by atoms with E-state index in [2.05, 4.69) is 15.4 Å². The number of carbonyl (C=O) groups is 1. The Morgan fingerprint density at radius 1 is 1.07 bits per heavy atom. The summed E-state index contributed by atoms with van der Waals surface area (Å²) in [6.07, 6.45) is 1.64. The number of aromatic amines is 1. The molecule has 140 valence electrons. The fourth-order valence-corrected chi connectivity index (χ4v) is 3.20. The number of nitrogens with one attached hydrogen (secondary N) is 2. The number of ketones is 1. The molecule has 0 aliphatic carbocycles. The first-order chi connectivity index (χ1) is 13.6. The quantitative estimate of drug-likeness (QED) is 0.534. The number of rotatable bonds is 5. The van der Waals surface area contributed by atoms with Crippen molar-refractivity contribution in [1.29, 1.82) is 0 Å². The highest BCUT2D eigenvalue weighted by atomic mass is 16.1. The molecule has 2 aromatic carbocycles. The predicted molar refractivity (Wildman–Crippen MR) is 110 cm³/mol. The van der Waals surface area contributed by atoms with Gasteiger partial charge < -0.3 is 5.32 Å². The molecule has 4 rings (SSSR count). The van der Waals surface area contributed by atoms with Gasteiger partial charge in [-0.15, -0.1) is 0 Å². The summed E-state index contributed by atoms with van der Waals surface area (Å²) in [6.45, 7) is 3.10. The van der Waals surface area contributed by atoms with Gasteiger partial charge in [0.1, 0.15) is 5.84 Å². The number of nitrogens with zero attached hydrogens (tertiary/aromatic N) is 2. The number of carbonyl (C=O) groups excluding carboxylic acids is 1. The molecule has 2 heterocycles. The van der Waals surface area contributed by atoms with E-state index in [-0.39, 0.29) is 11.3 Å². The molecule has 0 spiro atoms. The molecule has 1 aromatic heterocycles. The predicted octanol–water partition coefficient (Wildman–Crippen LogP) is 2.74. The van der Waals surface area contributed by atoms with Crippen LogP contribution in [-0.2, 0) is 0 Å². The highest BCUT2D eigenvalue weighted by molar-refractivity contribution is 6.30. The summed E-state index contributed by atoms with van der Waals surface area (Å²) in [5.74, 6) is 0.361. The van der Waals surface area contributed by atoms with Gasteiger partial charge in [0.2, 0.25) is 0 Å². The van der Waals surface area contributed by atoms with Crippen LogP contribution < -0.4 is 10.9 Å². The molecule has 2 N–H and O–H groups in total. The number of para-hydroxylation sites is 1. The minimum Gasteiger partial charge on any atom is -0.368 e. The number of amidine groups is 1.